The summed E-state index contributed by atoms with van der Waals surface area (Å²) < 4.78 is 0. The number of hydrogen-bond donors (Lipinski definition) is 0. The smallest absolute Gasteiger partial charge is 0.252 e. The van der Waals surface area contributed by atoms with Gasteiger partial charge in [-0.2, -0.15) is 0 Å². The Hall–Kier alpha value is -11.4. The second kappa shape index (κ2) is 24.8. The Morgan fingerprint density at radius 3 is 1.00 bits per heavy atom. The molecule has 0 radical (unpaired) electrons. The number of halogens is 1. The topological polar surface area (TPSA) is 13.0 Å². The third kappa shape index (κ3) is 10.7. The monoisotopic (exact) mass is 1170 g/mol. The summed E-state index contributed by atoms with van der Waals surface area (Å²) in [4.78, 5) is 9.35. The van der Waals surface area contributed by atoms with Crippen LogP contribution in [0.25, 0.3) is 44.5 Å². The van der Waals surface area contributed by atoms with Crippen molar-refractivity contribution in [2.45, 2.75) is 0 Å². The van der Waals surface area contributed by atoms with Crippen molar-refractivity contribution in [1.29, 1.82) is 0 Å². The van der Waals surface area contributed by atoms with E-state index in [1.54, 1.807) is 0 Å². The fourth-order valence-electron chi connectivity index (χ4n) is 13.0. The molecule has 0 aliphatic carbocycles. The molecule has 2 aliphatic rings. The molecular formula is C84H60BClN4. The van der Waals surface area contributed by atoms with Gasteiger partial charge in [-0.05, 0) is 170 Å². The minimum Gasteiger partial charge on any atom is -0.311 e. The predicted octanol–water partition coefficient (Wildman–Crippen LogP) is 21.7. The first-order valence-electron chi connectivity index (χ1n) is 30.6. The summed E-state index contributed by atoms with van der Waals surface area (Å²) in [6.07, 6.45) is 0. The summed E-state index contributed by atoms with van der Waals surface area (Å²) in [5.41, 5.74) is 26.7. The van der Waals surface area contributed by atoms with E-state index in [1.165, 1.54) is 78.2 Å². The van der Waals surface area contributed by atoms with Crippen molar-refractivity contribution in [1.82, 2.24) is 0 Å². The predicted molar refractivity (Wildman–Crippen MR) is 383 cm³/mol. The van der Waals surface area contributed by atoms with Gasteiger partial charge in [-0.3, -0.25) is 0 Å². The van der Waals surface area contributed by atoms with Crippen LogP contribution in [0.5, 0.6) is 0 Å². The zero-order valence-electron chi connectivity index (χ0n) is 49.4. The van der Waals surface area contributed by atoms with E-state index >= 15 is 0 Å². The van der Waals surface area contributed by atoms with Crippen LogP contribution in [-0.4, -0.2) is 6.71 Å². The molecule has 0 saturated carbocycles. The van der Waals surface area contributed by atoms with Crippen LogP contribution < -0.4 is 36.0 Å². The van der Waals surface area contributed by atoms with Crippen LogP contribution in [0.4, 0.5) is 68.2 Å². The molecule has 14 aromatic carbocycles. The molecule has 0 spiro atoms. The Kier molecular flexibility index (Phi) is 15.2. The summed E-state index contributed by atoms with van der Waals surface area (Å²) in [5.74, 6) is 0. The van der Waals surface area contributed by atoms with Gasteiger partial charge >= 0.3 is 0 Å². The Morgan fingerprint density at radius 2 is 0.544 bits per heavy atom. The number of nitrogens with zero attached hydrogens (tertiary/aromatic N) is 4. The summed E-state index contributed by atoms with van der Waals surface area (Å²) in [5, 5.41) is 0.657. The van der Waals surface area contributed by atoms with Gasteiger partial charge in [0.15, 0.2) is 0 Å². The van der Waals surface area contributed by atoms with Crippen molar-refractivity contribution in [3.05, 3.63) is 369 Å². The second-order valence-corrected chi connectivity index (χ2v) is 22.9. The lowest BCUT2D eigenvalue weighted by atomic mass is 9.33. The van der Waals surface area contributed by atoms with Gasteiger partial charge < -0.3 is 19.6 Å². The number of fused-ring (bicyclic) bond motifs is 4. The molecule has 0 saturated heterocycles. The van der Waals surface area contributed by atoms with Gasteiger partial charge in [0.25, 0.3) is 6.71 Å². The highest BCUT2D eigenvalue weighted by Crippen LogP contribution is 2.48. The molecule has 2 heterocycles. The van der Waals surface area contributed by atoms with Gasteiger partial charge in [0.2, 0.25) is 0 Å². The minimum absolute atomic E-state index is 0.103. The normalized spacial score (nSPS) is 11.8. The maximum atomic E-state index is 7.47. The number of rotatable bonds is 12. The Morgan fingerprint density at radius 1 is 0.233 bits per heavy atom. The molecule has 0 amide bonds. The standard InChI is InChI=1S/C42H29BN2.C42H31ClN2/c1-4-13-30(14-5-1)32-23-26-35(27-24-32)45-39-28-25-33(31-15-6-2-7-16-31)29-37(39)43-36-19-10-11-20-38(36)44(34-17-8-3-9-18-34)40-21-12-22-41(45)42(40)43;43-42-40(44(36-18-9-3-10-19-36)37-20-11-4-12-21-37)22-13-23-41(42)45(38-28-24-34(25-29-38)32-14-5-1-6-15-32)39-30-26-35(27-31-39)33-16-7-2-8-17-33/h1-29H;1-31H. The van der Waals surface area contributed by atoms with E-state index in [4.69, 9.17) is 11.6 Å². The van der Waals surface area contributed by atoms with E-state index in [1.807, 2.05) is 24.3 Å². The van der Waals surface area contributed by atoms with Crippen molar-refractivity contribution in [2.24, 2.45) is 0 Å². The van der Waals surface area contributed by atoms with Crippen LogP contribution in [0, 0.1) is 0 Å². The third-order valence-corrected chi connectivity index (χ3v) is 17.6. The van der Waals surface area contributed by atoms with Crippen molar-refractivity contribution in [3.63, 3.8) is 0 Å². The molecule has 426 valence electrons. The molecule has 0 bridgehead atoms. The maximum absolute atomic E-state index is 7.47. The van der Waals surface area contributed by atoms with Gasteiger partial charge in [0.05, 0.1) is 16.4 Å². The lowest BCUT2D eigenvalue weighted by Gasteiger charge is -2.44. The van der Waals surface area contributed by atoms with Crippen LogP contribution in [-0.2, 0) is 0 Å². The van der Waals surface area contributed by atoms with E-state index in [0.717, 1.165) is 50.9 Å². The van der Waals surface area contributed by atoms with E-state index in [2.05, 4.69) is 359 Å². The zero-order valence-corrected chi connectivity index (χ0v) is 50.1. The summed E-state index contributed by atoms with van der Waals surface area (Å²) in [6.45, 7) is 0.103. The zero-order chi connectivity index (χ0) is 60.2. The number of hydrogen-bond acceptors (Lipinski definition) is 4. The second-order valence-electron chi connectivity index (χ2n) is 22.5. The number of benzene rings is 14. The molecule has 0 atom stereocenters. The Bertz CT molecular complexity index is 4630. The van der Waals surface area contributed by atoms with Crippen LogP contribution in [0.3, 0.4) is 0 Å². The van der Waals surface area contributed by atoms with Crippen molar-refractivity contribution < 1.29 is 0 Å². The van der Waals surface area contributed by atoms with Crippen molar-refractivity contribution in [3.8, 4) is 44.5 Å². The van der Waals surface area contributed by atoms with E-state index in [0.29, 0.717) is 5.02 Å². The minimum atomic E-state index is 0.103. The van der Waals surface area contributed by atoms with Crippen LogP contribution in [0.2, 0.25) is 5.02 Å². The highest BCUT2D eigenvalue weighted by atomic mass is 35.5. The van der Waals surface area contributed by atoms with Crippen LogP contribution >= 0.6 is 11.6 Å². The first-order valence-corrected chi connectivity index (χ1v) is 31.0. The average Bonchev–Trinajstić information content (AvgIpc) is 0.787. The maximum Gasteiger partial charge on any atom is 0.252 e. The van der Waals surface area contributed by atoms with Gasteiger partial charge in [0, 0.05) is 56.9 Å². The van der Waals surface area contributed by atoms with Crippen LogP contribution in [0.1, 0.15) is 0 Å². The Labute approximate surface area is 532 Å². The summed E-state index contributed by atoms with van der Waals surface area (Å²) in [6, 6.07) is 129. The fourth-order valence-corrected chi connectivity index (χ4v) is 13.3. The SMILES string of the molecule is Clc1c(N(c2ccccc2)c2ccccc2)cccc1N(c1ccc(-c2ccccc2)cc1)c1ccc(-c2ccccc2)cc1.c1ccc(-c2ccc(N3c4ccc(-c5ccccc5)cc4B4c5ccccc5N(c5ccccc5)c5cccc3c54)cc2)cc1. The van der Waals surface area contributed by atoms with Crippen molar-refractivity contribution >= 4 is 103 Å². The number of para-hydroxylation sites is 4. The van der Waals surface area contributed by atoms with E-state index in [-0.39, 0.29) is 6.71 Å². The van der Waals surface area contributed by atoms with Gasteiger partial charge in [-0.25, -0.2) is 0 Å². The molecular weight excluding hydrogens is 1110 g/mol. The summed E-state index contributed by atoms with van der Waals surface area (Å²) in [7, 11) is 0. The van der Waals surface area contributed by atoms with E-state index < -0.39 is 0 Å². The molecule has 0 fully saturated rings. The summed E-state index contributed by atoms with van der Waals surface area (Å²) >= 11 is 7.47. The van der Waals surface area contributed by atoms with Crippen molar-refractivity contribution in [2.75, 3.05) is 19.6 Å². The highest BCUT2D eigenvalue weighted by molar-refractivity contribution is 7.00. The van der Waals surface area contributed by atoms with E-state index in [9.17, 15) is 0 Å². The average molecular weight is 1170 g/mol. The third-order valence-electron chi connectivity index (χ3n) is 17.2. The molecule has 14 aromatic rings. The first-order chi connectivity index (χ1) is 44.6. The highest BCUT2D eigenvalue weighted by Gasteiger charge is 2.43. The quantitative estimate of drug-likeness (QED) is 0.113. The van der Waals surface area contributed by atoms with Gasteiger partial charge in [-0.1, -0.05) is 266 Å². The van der Waals surface area contributed by atoms with Crippen LogP contribution in [0.15, 0.2) is 364 Å². The Balaban J connectivity index is 0.000000150. The number of anilines is 12. The molecule has 4 nitrogen and oxygen atoms in total. The molecule has 90 heavy (non-hydrogen) atoms. The molecule has 0 N–H and O–H groups in total. The molecule has 0 aromatic heterocycles. The molecule has 2 aliphatic heterocycles. The lowest BCUT2D eigenvalue weighted by molar-refractivity contribution is 1.25. The lowest BCUT2D eigenvalue weighted by Crippen LogP contribution is -2.61. The van der Waals surface area contributed by atoms with Gasteiger partial charge in [-0.15, -0.1) is 0 Å². The largest absolute Gasteiger partial charge is 0.311 e. The molecule has 0 unspecified atom stereocenters. The molecule has 6 heteroatoms. The van der Waals surface area contributed by atoms with Gasteiger partial charge in [0.1, 0.15) is 0 Å². The fraction of sp³-hybridized carbons (Fsp3) is 0. The first kappa shape index (κ1) is 55.2. The molecule has 16 rings (SSSR count).